The van der Waals surface area contributed by atoms with E-state index in [0.29, 0.717) is 0 Å². The second-order valence-electron chi connectivity index (χ2n) is 23.6. The van der Waals surface area contributed by atoms with Gasteiger partial charge >= 0.3 is 0 Å². The van der Waals surface area contributed by atoms with Gasteiger partial charge in [0.15, 0.2) is 0 Å². The predicted molar refractivity (Wildman–Crippen MR) is 298 cm³/mol. The lowest BCUT2D eigenvalue weighted by molar-refractivity contribution is 0.403. The average molecular weight is 900 g/mol. The predicted octanol–water partition coefficient (Wildman–Crippen LogP) is 16.1. The first-order chi connectivity index (χ1) is 32.8. The average Bonchev–Trinajstić information content (AvgIpc) is 3.50. The van der Waals surface area contributed by atoms with Crippen molar-refractivity contribution in [2.24, 2.45) is 0 Å². The third kappa shape index (κ3) is 7.41. The summed E-state index contributed by atoms with van der Waals surface area (Å²) in [7, 11) is 0. The van der Waals surface area contributed by atoms with Gasteiger partial charge in [0.2, 0.25) is 0 Å². The Morgan fingerprint density at radius 3 is 1.51 bits per heavy atom. The number of benzene rings is 8. The summed E-state index contributed by atoms with van der Waals surface area (Å²) in [5.41, 5.74) is 25.4. The summed E-state index contributed by atoms with van der Waals surface area (Å²) in [4.78, 5) is 7.69. The molecule has 8 aromatic carbocycles. The molecular weight excluding hydrogens is 834 g/mol. The molecule has 0 saturated heterocycles. The first-order valence-corrected chi connectivity index (χ1v) is 25.1. The summed E-state index contributed by atoms with van der Waals surface area (Å²) in [6.07, 6.45) is 1.10. The molecule has 3 aliphatic rings. The van der Waals surface area contributed by atoms with Gasteiger partial charge in [-0.3, -0.25) is 0 Å². The zero-order chi connectivity index (χ0) is 48.4. The lowest BCUT2D eigenvalue weighted by Gasteiger charge is -2.46. The molecule has 69 heavy (non-hydrogen) atoms. The van der Waals surface area contributed by atoms with Crippen LogP contribution in [0.2, 0.25) is 0 Å². The third-order valence-corrected chi connectivity index (χ3v) is 15.5. The fourth-order valence-electron chi connectivity index (χ4n) is 12.3. The van der Waals surface area contributed by atoms with Crippen molar-refractivity contribution in [1.29, 1.82) is 0 Å². The molecule has 2 heterocycles. The van der Waals surface area contributed by atoms with Crippen molar-refractivity contribution < 1.29 is 0 Å². The van der Waals surface area contributed by atoms with Crippen LogP contribution in [0.1, 0.15) is 109 Å². The van der Waals surface area contributed by atoms with Gasteiger partial charge in [-0.05, 0) is 176 Å². The highest BCUT2D eigenvalue weighted by Crippen LogP contribution is 2.54. The van der Waals surface area contributed by atoms with Crippen molar-refractivity contribution in [3.05, 3.63) is 203 Å². The minimum absolute atomic E-state index is 0.0154. The van der Waals surface area contributed by atoms with Crippen molar-refractivity contribution in [1.82, 2.24) is 0 Å². The molecule has 1 aliphatic carbocycles. The maximum absolute atomic E-state index is 2.65. The number of nitrogens with zero attached hydrogens (tertiary/aromatic N) is 3. The monoisotopic (exact) mass is 900 g/mol. The van der Waals surface area contributed by atoms with E-state index in [2.05, 4.69) is 268 Å². The summed E-state index contributed by atoms with van der Waals surface area (Å²) < 4.78 is 0. The largest absolute Gasteiger partial charge is 0.311 e. The first kappa shape index (κ1) is 44.7. The molecule has 0 unspecified atom stereocenters. The van der Waals surface area contributed by atoms with Gasteiger partial charge in [-0.2, -0.15) is 0 Å². The van der Waals surface area contributed by atoms with Crippen LogP contribution in [0.15, 0.2) is 170 Å². The molecule has 8 aromatic rings. The Morgan fingerprint density at radius 2 is 0.942 bits per heavy atom. The number of fused-ring (bicyclic) bond motifs is 5. The van der Waals surface area contributed by atoms with Gasteiger partial charge in [-0.15, -0.1) is 0 Å². The minimum atomic E-state index is -0.0468. The molecular formula is C65H66BN3. The molecule has 0 bridgehead atoms. The Hall–Kier alpha value is -6.78. The smallest absolute Gasteiger partial charge is 0.252 e. The topological polar surface area (TPSA) is 9.72 Å². The van der Waals surface area contributed by atoms with Gasteiger partial charge < -0.3 is 14.7 Å². The molecule has 0 saturated carbocycles. The fraction of sp³-hybridized carbons (Fsp3) is 0.262. The maximum Gasteiger partial charge on any atom is 0.252 e. The van der Waals surface area contributed by atoms with Gasteiger partial charge in [0.25, 0.3) is 6.71 Å². The molecule has 3 nitrogen and oxygen atoms in total. The van der Waals surface area contributed by atoms with Crippen molar-refractivity contribution in [2.45, 2.75) is 111 Å². The first-order valence-electron chi connectivity index (χ1n) is 25.1. The number of rotatable bonds is 6. The van der Waals surface area contributed by atoms with Crippen molar-refractivity contribution >= 4 is 74.3 Å². The fourth-order valence-corrected chi connectivity index (χ4v) is 12.3. The Bertz CT molecular complexity index is 3260. The van der Waals surface area contributed by atoms with E-state index in [-0.39, 0.29) is 28.4 Å². The van der Waals surface area contributed by atoms with Gasteiger partial charge in [0.05, 0.1) is 5.69 Å². The van der Waals surface area contributed by atoms with Crippen LogP contribution in [0.5, 0.6) is 0 Å². The molecule has 0 aromatic heterocycles. The van der Waals surface area contributed by atoms with Crippen LogP contribution >= 0.6 is 0 Å². The van der Waals surface area contributed by atoms with E-state index in [1.807, 2.05) is 0 Å². The van der Waals surface area contributed by atoms with Crippen LogP contribution in [0.25, 0.3) is 11.1 Å². The number of para-hydroxylation sites is 2. The number of hydrogen-bond acceptors (Lipinski definition) is 3. The highest BCUT2D eigenvalue weighted by molar-refractivity contribution is 7.00. The molecule has 0 amide bonds. The van der Waals surface area contributed by atoms with Gasteiger partial charge in [0.1, 0.15) is 0 Å². The van der Waals surface area contributed by atoms with Gasteiger partial charge in [-0.1, -0.05) is 160 Å². The normalized spacial score (nSPS) is 15.3. The van der Waals surface area contributed by atoms with Crippen LogP contribution in [-0.2, 0) is 21.7 Å². The maximum atomic E-state index is 2.65. The van der Waals surface area contributed by atoms with Crippen LogP contribution in [0.3, 0.4) is 0 Å². The third-order valence-electron chi connectivity index (χ3n) is 15.5. The molecule has 0 fully saturated rings. The van der Waals surface area contributed by atoms with E-state index in [1.54, 1.807) is 0 Å². The highest BCUT2D eigenvalue weighted by atomic mass is 15.2. The Labute approximate surface area is 412 Å². The Balaban J connectivity index is 1.27. The zero-order valence-corrected chi connectivity index (χ0v) is 42.8. The summed E-state index contributed by atoms with van der Waals surface area (Å²) in [6, 6.07) is 64.7. The van der Waals surface area contributed by atoms with E-state index >= 15 is 0 Å². The van der Waals surface area contributed by atoms with E-state index in [9.17, 15) is 0 Å². The molecule has 0 spiro atoms. The lowest BCUT2D eigenvalue weighted by Crippen LogP contribution is -2.61. The summed E-state index contributed by atoms with van der Waals surface area (Å²) in [6.45, 7) is 28.3. The number of aryl methyl sites for hydroxylation is 2. The van der Waals surface area contributed by atoms with Gasteiger partial charge in [-0.25, -0.2) is 0 Å². The second kappa shape index (κ2) is 15.9. The summed E-state index contributed by atoms with van der Waals surface area (Å²) >= 11 is 0. The molecule has 344 valence electrons. The van der Waals surface area contributed by atoms with Crippen LogP contribution in [0.4, 0.5) is 51.2 Å². The van der Waals surface area contributed by atoms with Crippen LogP contribution < -0.4 is 31.1 Å². The summed E-state index contributed by atoms with van der Waals surface area (Å²) in [5.74, 6) is 0. The second-order valence-corrected chi connectivity index (χ2v) is 23.6. The van der Waals surface area contributed by atoms with Crippen molar-refractivity contribution in [2.75, 3.05) is 14.7 Å². The van der Waals surface area contributed by atoms with Crippen molar-refractivity contribution in [3.8, 4) is 11.1 Å². The highest BCUT2D eigenvalue weighted by Gasteiger charge is 2.48. The molecule has 11 rings (SSSR count). The van der Waals surface area contributed by atoms with Crippen LogP contribution in [0, 0.1) is 13.8 Å². The summed E-state index contributed by atoms with van der Waals surface area (Å²) in [5, 5.41) is 0. The van der Waals surface area contributed by atoms with E-state index in [4.69, 9.17) is 0 Å². The van der Waals surface area contributed by atoms with E-state index < -0.39 is 0 Å². The molecule has 0 atom stereocenters. The molecule has 4 heteroatoms. The SMILES string of the molecule is Cc1cc2c3c(c1)N(c1ccc(C(C)(C)C)cc1-c1ccccc1)c1ccc(N(c4ccccc4)c4ccccc4)cc1B3c1cc3c(cc1N2c1ccc(C(C)(C)C)cc1C)C(C)(C)CC3(C)C. The van der Waals surface area contributed by atoms with E-state index in [1.165, 1.54) is 95.0 Å². The number of hydrogen-bond donors (Lipinski definition) is 0. The zero-order valence-electron chi connectivity index (χ0n) is 42.8. The quantitative estimate of drug-likeness (QED) is 0.154. The van der Waals surface area contributed by atoms with Crippen molar-refractivity contribution in [3.63, 3.8) is 0 Å². The Kier molecular flexibility index (Phi) is 10.3. The van der Waals surface area contributed by atoms with E-state index in [0.717, 1.165) is 23.5 Å². The molecule has 0 N–H and O–H groups in total. The lowest BCUT2D eigenvalue weighted by atomic mass is 9.33. The minimum Gasteiger partial charge on any atom is -0.311 e. The standard InChI is InChI=1S/C65H66BN3/c1-42-34-59-61-60(35-42)69(56-32-29-46(63(6,7)8)37-50(56)44-22-16-13-17-23-44)57-33-30-49(67(47-24-18-14-19-25-47)48-26-20-15-21-27-48)38-53(57)66(61)54-39-51-52(65(11,12)41-64(51,9)10)40-58(54)68(59)55-31-28-45(36-43(55)2)62(3,4)5/h13-40H,41H2,1-12H3. The van der Waals surface area contributed by atoms with Crippen LogP contribution in [-0.4, -0.2) is 6.71 Å². The molecule has 2 aliphatic heterocycles. The molecule has 0 radical (unpaired) electrons. The van der Waals surface area contributed by atoms with Gasteiger partial charge in [0, 0.05) is 51.1 Å². The Morgan fingerprint density at radius 1 is 0.449 bits per heavy atom. The number of anilines is 9.